The Morgan fingerprint density at radius 3 is 1.61 bits per heavy atom. The molecular weight excluding hydrogens is 524 g/mol. The number of fused-ring (bicyclic) bond motifs is 2. The van der Waals surface area contributed by atoms with Crippen LogP contribution in [0.2, 0.25) is 18.1 Å². The molecule has 0 aromatic rings. The number of hydrogen-bond donors (Lipinski definition) is 3. The van der Waals surface area contributed by atoms with Crippen LogP contribution >= 0.6 is 0 Å². The molecule has 0 aromatic heterocycles. The van der Waals surface area contributed by atoms with E-state index in [1.165, 1.54) is 24.0 Å². The molecule has 41 heavy (non-hydrogen) atoms. The van der Waals surface area contributed by atoms with Gasteiger partial charge in [-0.3, -0.25) is 0 Å². The van der Waals surface area contributed by atoms with Gasteiger partial charge in [-0.15, -0.1) is 0 Å². The Kier molecular flexibility index (Phi) is 10.7. The predicted octanol–water partition coefficient (Wildman–Crippen LogP) is 8.52. The van der Waals surface area contributed by atoms with Crippen LogP contribution in [0.1, 0.15) is 115 Å². The quantitative estimate of drug-likeness (QED) is 0.227. The Morgan fingerprint density at radius 1 is 0.780 bits per heavy atom. The van der Waals surface area contributed by atoms with Crippen molar-refractivity contribution in [3.05, 3.63) is 23.3 Å². The molecule has 0 bridgehead atoms. The normalized spacial score (nSPS) is 41.6. The summed E-state index contributed by atoms with van der Waals surface area (Å²) in [6.45, 7) is 28.9. The Hall–Kier alpha value is -0.463. The maximum absolute atomic E-state index is 11.6. The summed E-state index contributed by atoms with van der Waals surface area (Å²) < 4.78 is 6.81. The number of aliphatic hydroxyl groups excluding tert-OH is 1. The standard InChI is InChI=1S/C21H40O2Si.C15H26O2/c1-14(2)16-12-17-15(3)10-11-18(17)21(7,22)19(13-16)23-24(8,9)20(4,5)6;1-9(2)11-7-12-10(3)5-6-13(12)15(4,17)14(16)8-11/h12,14-15,17-19,22H,10-11,13H2,1-9H3;7,9-10,12-14,16-17H,5-6,8H2,1-4H3/t15-,17-,18-,19-,21-;10-,12-,13-,14-,15-/m11/s1. The molecule has 5 heteroatoms. The van der Waals surface area contributed by atoms with E-state index in [4.69, 9.17) is 4.43 Å². The van der Waals surface area contributed by atoms with Gasteiger partial charge in [-0.05, 0) is 118 Å². The topological polar surface area (TPSA) is 69.9 Å². The van der Waals surface area contributed by atoms with Crippen molar-refractivity contribution in [2.45, 2.75) is 156 Å². The zero-order valence-electron chi connectivity index (χ0n) is 28.9. The minimum Gasteiger partial charge on any atom is -0.411 e. The van der Waals surface area contributed by atoms with Gasteiger partial charge in [0.1, 0.15) is 0 Å². The van der Waals surface area contributed by atoms with Crippen LogP contribution < -0.4 is 0 Å². The molecule has 10 atom stereocenters. The van der Waals surface area contributed by atoms with Crippen molar-refractivity contribution in [1.82, 2.24) is 0 Å². The average Bonchev–Trinajstić information content (AvgIpc) is 3.33. The number of aliphatic hydroxyl groups is 3. The smallest absolute Gasteiger partial charge is 0.192 e. The highest BCUT2D eigenvalue weighted by atomic mass is 28.4. The van der Waals surface area contributed by atoms with Gasteiger partial charge in [0.25, 0.3) is 0 Å². The van der Waals surface area contributed by atoms with Gasteiger partial charge in [-0.25, -0.2) is 0 Å². The van der Waals surface area contributed by atoms with E-state index >= 15 is 0 Å². The summed E-state index contributed by atoms with van der Waals surface area (Å²) in [5.74, 6) is 3.80. The molecule has 0 heterocycles. The van der Waals surface area contributed by atoms with Crippen molar-refractivity contribution in [3.63, 3.8) is 0 Å². The van der Waals surface area contributed by atoms with Crippen LogP contribution in [0, 0.1) is 47.3 Å². The first-order valence-electron chi connectivity index (χ1n) is 16.8. The van der Waals surface area contributed by atoms with Crippen LogP contribution in [0.4, 0.5) is 0 Å². The van der Waals surface area contributed by atoms with Crippen LogP contribution in [0.5, 0.6) is 0 Å². The Balaban J connectivity index is 0.000000239. The maximum Gasteiger partial charge on any atom is 0.192 e. The zero-order chi connectivity index (χ0) is 31.3. The second-order valence-corrected chi connectivity index (χ2v) is 21.8. The van der Waals surface area contributed by atoms with Crippen LogP contribution in [0.25, 0.3) is 0 Å². The lowest BCUT2D eigenvalue weighted by Gasteiger charge is -2.46. The molecular formula is C36H66O4Si. The van der Waals surface area contributed by atoms with Gasteiger partial charge in [-0.2, -0.15) is 0 Å². The van der Waals surface area contributed by atoms with E-state index in [1.807, 2.05) is 6.92 Å². The lowest BCUT2D eigenvalue weighted by atomic mass is 9.77. The van der Waals surface area contributed by atoms with Crippen LogP contribution in [0.3, 0.4) is 0 Å². The monoisotopic (exact) mass is 590 g/mol. The van der Waals surface area contributed by atoms with E-state index < -0.39 is 25.6 Å². The average molecular weight is 591 g/mol. The number of rotatable bonds is 4. The fourth-order valence-corrected chi connectivity index (χ4v) is 9.28. The molecule has 0 aromatic carbocycles. The van der Waals surface area contributed by atoms with Gasteiger partial charge in [-0.1, -0.05) is 85.6 Å². The second kappa shape index (κ2) is 12.5. The molecule has 3 N–H and O–H groups in total. The third-order valence-electron chi connectivity index (χ3n) is 12.3. The van der Waals surface area contributed by atoms with Crippen molar-refractivity contribution >= 4 is 8.32 Å². The maximum atomic E-state index is 11.6. The van der Waals surface area contributed by atoms with E-state index in [2.05, 4.69) is 94.5 Å². The fourth-order valence-electron chi connectivity index (χ4n) is 7.89. The van der Waals surface area contributed by atoms with Gasteiger partial charge in [0.05, 0.1) is 23.4 Å². The lowest BCUT2D eigenvalue weighted by molar-refractivity contribution is -0.104. The second-order valence-electron chi connectivity index (χ2n) is 17.0. The first kappa shape index (κ1) is 35.0. The van der Waals surface area contributed by atoms with Gasteiger partial charge in [0, 0.05) is 0 Å². The molecule has 0 amide bonds. The summed E-state index contributed by atoms with van der Waals surface area (Å²) in [6.07, 6.45) is 10.2. The summed E-state index contributed by atoms with van der Waals surface area (Å²) >= 11 is 0. The minimum atomic E-state index is -1.92. The zero-order valence-corrected chi connectivity index (χ0v) is 29.9. The molecule has 0 radical (unpaired) electrons. The van der Waals surface area contributed by atoms with Crippen molar-refractivity contribution < 1.29 is 19.7 Å². The molecule has 238 valence electrons. The van der Waals surface area contributed by atoms with E-state index in [1.54, 1.807) is 0 Å². The van der Waals surface area contributed by atoms with Crippen molar-refractivity contribution in [2.75, 3.05) is 0 Å². The highest BCUT2D eigenvalue weighted by Gasteiger charge is 2.52. The molecule has 4 nitrogen and oxygen atoms in total. The van der Waals surface area contributed by atoms with Gasteiger partial charge < -0.3 is 19.7 Å². The van der Waals surface area contributed by atoms with E-state index in [0.29, 0.717) is 47.8 Å². The van der Waals surface area contributed by atoms with Gasteiger partial charge >= 0.3 is 0 Å². The highest BCUT2D eigenvalue weighted by Crippen LogP contribution is 2.51. The van der Waals surface area contributed by atoms with Gasteiger partial charge in [0.2, 0.25) is 0 Å². The summed E-state index contributed by atoms with van der Waals surface area (Å²) in [7, 11) is -1.92. The SMILES string of the molecule is CC(C)C1=C[C@@H]2[C@H](C)CC[C@H]2[C@@](C)(O)[C@H](O)C1.CC(C)C1=C[C@@H]2[C@H](C)CC[C@H]2[C@@](C)(O)[C@H](O[Si](C)(C)C(C)(C)C)C1. The first-order valence-corrected chi connectivity index (χ1v) is 19.7. The highest BCUT2D eigenvalue weighted by molar-refractivity contribution is 6.74. The largest absolute Gasteiger partial charge is 0.411 e. The van der Waals surface area contributed by atoms with Crippen molar-refractivity contribution in [3.8, 4) is 0 Å². The van der Waals surface area contributed by atoms with Crippen LogP contribution in [-0.2, 0) is 4.43 Å². The molecule has 0 saturated heterocycles. The van der Waals surface area contributed by atoms with Crippen molar-refractivity contribution in [1.29, 1.82) is 0 Å². The van der Waals surface area contributed by atoms with E-state index in [9.17, 15) is 15.3 Å². The molecule has 0 spiro atoms. The molecule has 0 aliphatic heterocycles. The number of allylic oxidation sites excluding steroid dienone is 2. The Bertz CT molecular complexity index is 953. The van der Waals surface area contributed by atoms with Gasteiger partial charge in [0.15, 0.2) is 8.32 Å². The number of hydrogen-bond acceptors (Lipinski definition) is 4. The fraction of sp³-hybridized carbons (Fsp3) is 0.889. The summed E-state index contributed by atoms with van der Waals surface area (Å²) in [6, 6.07) is 0. The summed E-state index contributed by atoms with van der Waals surface area (Å²) in [4.78, 5) is 0. The molecule has 4 rings (SSSR count). The van der Waals surface area contributed by atoms with E-state index in [-0.39, 0.29) is 17.1 Å². The molecule has 0 unspecified atom stereocenters. The van der Waals surface area contributed by atoms with E-state index in [0.717, 1.165) is 19.3 Å². The minimum absolute atomic E-state index is 0.0765. The summed E-state index contributed by atoms with van der Waals surface area (Å²) in [5, 5.41) is 32.7. The van der Waals surface area contributed by atoms with Crippen molar-refractivity contribution in [2.24, 2.45) is 47.3 Å². The molecule has 4 aliphatic rings. The third-order valence-corrected chi connectivity index (χ3v) is 16.8. The predicted molar refractivity (Wildman–Crippen MR) is 175 cm³/mol. The first-order chi connectivity index (χ1) is 18.6. The van der Waals surface area contributed by atoms with Crippen LogP contribution in [-0.4, -0.2) is 47.0 Å². The Morgan fingerprint density at radius 2 is 1.20 bits per heavy atom. The van der Waals surface area contributed by atoms with Crippen LogP contribution in [0.15, 0.2) is 23.3 Å². The Labute approximate surface area is 254 Å². The third kappa shape index (κ3) is 7.27. The molecule has 2 fully saturated rings. The molecule has 4 aliphatic carbocycles. The molecule has 2 saturated carbocycles. The summed E-state index contributed by atoms with van der Waals surface area (Å²) in [5.41, 5.74) is 1.14. The lowest BCUT2D eigenvalue weighted by Crippen LogP contribution is -2.54.